The molecule has 2 saturated heterocycles. The van der Waals surface area contributed by atoms with Gasteiger partial charge in [-0.2, -0.15) is 0 Å². The van der Waals surface area contributed by atoms with Crippen LogP contribution in [0.2, 0.25) is 0 Å². The summed E-state index contributed by atoms with van der Waals surface area (Å²) in [5.41, 5.74) is 5.49. The van der Waals surface area contributed by atoms with E-state index in [9.17, 15) is 24.3 Å². The molecule has 0 radical (unpaired) electrons. The number of H-pyrrole nitrogens is 2. The molecule has 52 heavy (non-hydrogen) atoms. The van der Waals surface area contributed by atoms with E-state index >= 15 is 0 Å². The predicted octanol–water partition coefficient (Wildman–Crippen LogP) is 5.98. The Morgan fingerprint density at radius 2 is 1.19 bits per heavy atom. The summed E-state index contributed by atoms with van der Waals surface area (Å²) >= 11 is 0. The highest BCUT2D eigenvalue weighted by molar-refractivity contribution is 5.86. The second-order valence-electron chi connectivity index (χ2n) is 13.8. The number of carbonyl (C=O) groups excluding carboxylic acids is 3. The van der Waals surface area contributed by atoms with Crippen molar-refractivity contribution in [3.8, 4) is 33.6 Å². The molecule has 2 aromatic carbocycles. The second-order valence-corrected chi connectivity index (χ2v) is 13.8. The maximum absolute atomic E-state index is 13.3. The summed E-state index contributed by atoms with van der Waals surface area (Å²) in [6.07, 6.45) is 5.06. The van der Waals surface area contributed by atoms with Crippen LogP contribution in [0.3, 0.4) is 0 Å². The Kier molecular flexibility index (Phi) is 10.4. The molecule has 2 aliphatic heterocycles. The normalized spacial score (nSPS) is 21.1. The molecule has 6 rings (SSSR count). The highest BCUT2D eigenvalue weighted by atomic mass is 16.5. The first-order chi connectivity index (χ1) is 24.9. The number of imidazole rings is 2. The molecular formula is C38H46N8O6. The number of likely N-dealkylation sites (N-methyl/N-ethyl adjacent to an activating group) is 1. The van der Waals surface area contributed by atoms with Crippen LogP contribution in [0.1, 0.15) is 77.1 Å². The van der Waals surface area contributed by atoms with Crippen molar-refractivity contribution < 1.29 is 29.0 Å². The van der Waals surface area contributed by atoms with E-state index in [-0.39, 0.29) is 36.0 Å². The predicted molar refractivity (Wildman–Crippen MR) is 194 cm³/mol. The zero-order valence-electron chi connectivity index (χ0n) is 30.3. The van der Waals surface area contributed by atoms with E-state index in [1.807, 2.05) is 62.6 Å². The van der Waals surface area contributed by atoms with E-state index in [1.54, 1.807) is 23.6 Å². The molecule has 0 aliphatic carbocycles. The summed E-state index contributed by atoms with van der Waals surface area (Å²) in [7, 11) is 2.68. The Morgan fingerprint density at radius 3 is 1.62 bits per heavy atom. The molecule has 2 fully saturated rings. The average Bonchev–Trinajstić information content (AvgIpc) is 3.97. The lowest BCUT2D eigenvalue weighted by molar-refractivity contribution is -0.138. The number of ether oxygens (including phenoxy) is 1. The zero-order chi connectivity index (χ0) is 37.3. The van der Waals surface area contributed by atoms with Crippen molar-refractivity contribution in [3.05, 3.63) is 72.6 Å². The standard InChI is InChI=1S/C38H46N8O6/c1-21-7-17-31(45(21)35(47)23(3)41-37(49)52-6)33-39-19-29(42-33)27-13-9-25(10-14-27)26-11-15-28(16-12-26)30-20-40-34(43-30)32-18-8-22(2)46(32)36(48)24(4)44(5)38(50)51/h9-16,19-24,31-32H,7-8,17-18H2,1-6H3,(H,39,42)(H,40,43)(H,41,49)(H,50,51)/t21-,22-,23-,24-,31-,32-/m0/s1. The van der Waals surface area contributed by atoms with Gasteiger partial charge in [-0.25, -0.2) is 19.6 Å². The number of rotatable bonds is 9. The summed E-state index contributed by atoms with van der Waals surface area (Å²) in [4.78, 5) is 70.7. The Hall–Kier alpha value is -5.66. The highest BCUT2D eigenvalue weighted by Crippen LogP contribution is 2.38. The topological polar surface area (TPSA) is 177 Å². The van der Waals surface area contributed by atoms with Gasteiger partial charge in [0.05, 0.1) is 30.6 Å². The van der Waals surface area contributed by atoms with Crippen molar-refractivity contribution in [1.29, 1.82) is 0 Å². The number of methoxy groups -OCH3 is 1. The number of nitrogens with zero attached hydrogens (tertiary/aromatic N) is 5. The molecule has 0 bridgehead atoms. The van der Waals surface area contributed by atoms with Crippen molar-refractivity contribution in [2.45, 2.75) is 89.6 Å². The van der Waals surface area contributed by atoms with Gasteiger partial charge in [-0.1, -0.05) is 48.5 Å². The summed E-state index contributed by atoms with van der Waals surface area (Å²) in [5, 5.41) is 12.0. The number of likely N-dealkylation sites (tertiary alicyclic amines) is 2. The molecule has 274 valence electrons. The lowest BCUT2D eigenvalue weighted by atomic mass is 10.0. The number of alkyl carbamates (subject to hydrolysis) is 1. The molecule has 4 N–H and O–H groups in total. The SMILES string of the molecule is COC(=O)N[C@@H](C)C(=O)N1[C@@H](C)CC[C@H]1c1nc(-c2ccc(-c3ccc(-c4c[nH]c([C@@H]5CC[C@H](C)N5C(=O)[C@H](C)N(C)C(=O)O)n4)cc3)cc2)c[nH]1. The number of hydrogen-bond acceptors (Lipinski definition) is 7. The van der Waals surface area contributed by atoms with Crippen LogP contribution in [0.15, 0.2) is 60.9 Å². The van der Waals surface area contributed by atoms with Gasteiger partial charge in [0.25, 0.3) is 0 Å². The fourth-order valence-electron chi connectivity index (χ4n) is 7.29. The van der Waals surface area contributed by atoms with Gasteiger partial charge in [0, 0.05) is 42.7 Å². The van der Waals surface area contributed by atoms with E-state index in [2.05, 4.69) is 32.2 Å². The molecule has 4 heterocycles. The first-order valence-electron chi connectivity index (χ1n) is 17.6. The van der Waals surface area contributed by atoms with Crippen molar-refractivity contribution in [2.75, 3.05) is 14.2 Å². The van der Waals surface area contributed by atoms with Crippen LogP contribution in [0.25, 0.3) is 33.6 Å². The number of aromatic amines is 2. The monoisotopic (exact) mass is 710 g/mol. The summed E-state index contributed by atoms with van der Waals surface area (Å²) < 4.78 is 4.66. The van der Waals surface area contributed by atoms with Gasteiger partial charge in [0.1, 0.15) is 23.7 Å². The van der Waals surface area contributed by atoms with Gasteiger partial charge in [-0.15, -0.1) is 0 Å². The van der Waals surface area contributed by atoms with Crippen LogP contribution in [-0.4, -0.2) is 102 Å². The number of carbonyl (C=O) groups is 4. The maximum Gasteiger partial charge on any atom is 0.407 e. The van der Waals surface area contributed by atoms with Gasteiger partial charge in [-0.05, 0) is 64.5 Å². The Balaban J connectivity index is 1.12. The minimum absolute atomic E-state index is 0.00847. The Morgan fingerprint density at radius 1 is 0.769 bits per heavy atom. The fraction of sp³-hybridized carbons (Fsp3) is 0.421. The van der Waals surface area contributed by atoms with Gasteiger partial charge >= 0.3 is 12.2 Å². The number of amides is 4. The van der Waals surface area contributed by atoms with Crippen LogP contribution < -0.4 is 5.32 Å². The third kappa shape index (κ3) is 7.10. The van der Waals surface area contributed by atoms with E-state index in [1.165, 1.54) is 14.2 Å². The fourth-order valence-corrected chi connectivity index (χ4v) is 7.29. The lowest BCUT2D eigenvalue weighted by Gasteiger charge is -2.32. The summed E-state index contributed by atoms with van der Waals surface area (Å²) in [6, 6.07) is 14.3. The lowest BCUT2D eigenvalue weighted by Crippen LogP contribution is -2.49. The number of carboxylic acid groups (broad SMARTS) is 1. The van der Waals surface area contributed by atoms with E-state index in [4.69, 9.17) is 9.97 Å². The molecule has 4 aromatic rings. The van der Waals surface area contributed by atoms with Crippen LogP contribution in [0.5, 0.6) is 0 Å². The van der Waals surface area contributed by atoms with E-state index in [0.717, 1.165) is 64.2 Å². The van der Waals surface area contributed by atoms with Crippen molar-refractivity contribution in [2.24, 2.45) is 0 Å². The smallest absolute Gasteiger partial charge is 0.407 e. The number of nitrogens with one attached hydrogen (secondary N) is 3. The summed E-state index contributed by atoms with van der Waals surface area (Å²) in [5.74, 6) is 0.983. The van der Waals surface area contributed by atoms with Gasteiger partial charge in [0.15, 0.2) is 0 Å². The van der Waals surface area contributed by atoms with E-state index < -0.39 is 24.3 Å². The third-order valence-corrected chi connectivity index (χ3v) is 10.5. The van der Waals surface area contributed by atoms with Crippen molar-refractivity contribution in [3.63, 3.8) is 0 Å². The first kappa shape index (κ1) is 36.1. The largest absolute Gasteiger partial charge is 0.465 e. The Bertz CT molecular complexity index is 1920. The van der Waals surface area contributed by atoms with Crippen LogP contribution in [0.4, 0.5) is 9.59 Å². The summed E-state index contributed by atoms with van der Waals surface area (Å²) in [6.45, 7) is 7.25. The van der Waals surface area contributed by atoms with Crippen molar-refractivity contribution in [1.82, 2.24) is 40.0 Å². The quantitative estimate of drug-likeness (QED) is 0.164. The maximum atomic E-state index is 13.3. The van der Waals surface area contributed by atoms with Gasteiger partial charge in [-0.3, -0.25) is 14.5 Å². The molecule has 14 heteroatoms. The number of benzene rings is 2. The molecule has 6 atom stereocenters. The molecular weight excluding hydrogens is 664 g/mol. The van der Waals surface area contributed by atoms with E-state index in [0.29, 0.717) is 11.6 Å². The second kappa shape index (κ2) is 14.9. The highest BCUT2D eigenvalue weighted by Gasteiger charge is 2.41. The molecule has 14 nitrogen and oxygen atoms in total. The molecule has 0 spiro atoms. The molecule has 2 aromatic heterocycles. The average molecular weight is 711 g/mol. The van der Waals surface area contributed by atoms with Gasteiger partial charge in [0.2, 0.25) is 11.8 Å². The molecule has 0 saturated carbocycles. The molecule has 4 amide bonds. The molecule has 0 unspecified atom stereocenters. The molecule has 2 aliphatic rings. The number of aromatic nitrogens is 4. The Labute approximate surface area is 302 Å². The van der Waals surface area contributed by atoms with Crippen LogP contribution in [0, 0.1) is 0 Å². The minimum Gasteiger partial charge on any atom is -0.465 e. The van der Waals surface area contributed by atoms with Crippen LogP contribution >= 0.6 is 0 Å². The zero-order valence-corrected chi connectivity index (χ0v) is 30.3. The van der Waals surface area contributed by atoms with Gasteiger partial charge < -0.3 is 34.9 Å². The third-order valence-electron chi connectivity index (χ3n) is 10.5. The first-order valence-corrected chi connectivity index (χ1v) is 17.6. The van der Waals surface area contributed by atoms with Crippen LogP contribution in [-0.2, 0) is 14.3 Å². The van der Waals surface area contributed by atoms with Crippen molar-refractivity contribution >= 4 is 24.0 Å². The minimum atomic E-state index is -1.14. The number of hydrogen-bond donors (Lipinski definition) is 4.